The molecule has 1 nitrogen and oxygen atoms in total. The van der Waals surface area contributed by atoms with Crippen LogP contribution in [0.3, 0.4) is 0 Å². The van der Waals surface area contributed by atoms with Crippen molar-refractivity contribution in [2.75, 3.05) is 0 Å². The molecular weight excluding hydrogens is 218 g/mol. The highest BCUT2D eigenvalue weighted by atomic mass is 15.0. The van der Waals surface area contributed by atoms with Crippen molar-refractivity contribution in [3.8, 4) is 0 Å². The number of rotatable bonds is 7. The van der Waals surface area contributed by atoms with Gasteiger partial charge in [-0.05, 0) is 62.7 Å². The van der Waals surface area contributed by atoms with Crippen molar-refractivity contribution >= 4 is 0 Å². The van der Waals surface area contributed by atoms with Crippen molar-refractivity contribution in [2.24, 2.45) is 23.7 Å². The zero-order valence-electron chi connectivity index (χ0n) is 12.9. The van der Waals surface area contributed by atoms with Crippen molar-refractivity contribution < 1.29 is 0 Å². The Bertz CT molecular complexity index is 250. The average molecular weight is 251 g/mol. The topological polar surface area (TPSA) is 12.0 Å². The van der Waals surface area contributed by atoms with Crippen LogP contribution >= 0.6 is 0 Å². The molecule has 0 saturated heterocycles. The third-order valence-corrected chi connectivity index (χ3v) is 5.81. The van der Waals surface area contributed by atoms with E-state index in [0.29, 0.717) is 0 Å². The molecule has 6 atom stereocenters. The van der Waals surface area contributed by atoms with Crippen LogP contribution in [0.4, 0.5) is 0 Å². The van der Waals surface area contributed by atoms with Crippen LogP contribution in [0.15, 0.2) is 0 Å². The van der Waals surface area contributed by atoms with Gasteiger partial charge in [0.2, 0.25) is 0 Å². The first kappa shape index (κ1) is 14.4. The van der Waals surface area contributed by atoms with Crippen LogP contribution in [0, 0.1) is 23.7 Å². The largest absolute Gasteiger partial charge is 0.311 e. The molecule has 0 amide bonds. The Morgan fingerprint density at radius 3 is 2.33 bits per heavy atom. The van der Waals surface area contributed by atoms with E-state index in [1.807, 2.05) is 0 Å². The van der Waals surface area contributed by atoms with Gasteiger partial charge in [-0.2, -0.15) is 0 Å². The molecule has 2 saturated carbocycles. The predicted octanol–water partition coefficient (Wildman–Crippen LogP) is 4.62. The molecule has 2 bridgehead atoms. The van der Waals surface area contributed by atoms with Crippen LogP contribution in [0.25, 0.3) is 0 Å². The predicted molar refractivity (Wildman–Crippen MR) is 79.7 cm³/mol. The van der Waals surface area contributed by atoms with Gasteiger partial charge in [0.05, 0.1) is 0 Å². The lowest BCUT2D eigenvalue weighted by atomic mass is 9.83. The lowest BCUT2D eigenvalue weighted by Gasteiger charge is -2.32. The molecule has 1 heteroatoms. The Morgan fingerprint density at radius 2 is 1.83 bits per heavy atom. The number of nitrogens with one attached hydrogen (secondary N) is 1. The average Bonchev–Trinajstić information content (AvgIpc) is 2.99. The van der Waals surface area contributed by atoms with E-state index >= 15 is 0 Å². The molecule has 0 aromatic carbocycles. The maximum atomic E-state index is 3.96. The third kappa shape index (κ3) is 3.29. The second-order valence-electron chi connectivity index (χ2n) is 7.15. The van der Waals surface area contributed by atoms with E-state index in [4.69, 9.17) is 0 Å². The maximum Gasteiger partial charge on any atom is 0.00723 e. The minimum Gasteiger partial charge on any atom is -0.311 e. The van der Waals surface area contributed by atoms with Crippen LogP contribution in [0.1, 0.15) is 72.6 Å². The lowest BCUT2D eigenvalue weighted by Crippen LogP contribution is -2.43. The fourth-order valence-corrected chi connectivity index (χ4v) is 4.41. The Hall–Kier alpha value is -0.0400. The van der Waals surface area contributed by atoms with Gasteiger partial charge in [-0.3, -0.25) is 0 Å². The van der Waals surface area contributed by atoms with Crippen LogP contribution in [-0.2, 0) is 0 Å². The van der Waals surface area contributed by atoms with E-state index in [1.54, 1.807) is 6.42 Å². The molecule has 2 aliphatic carbocycles. The van der Waals surface area contributed by atoms with Gasteiger partial charge in [-0.25, -0.2) is 0 Å². The Morgan fingerprint density at radius 1 is 1.06 bits per heavy atom. The molecule has 2 aliphatic rings. The summed E-state index contributed by atoms with van der Waals surface area (Å²) in [7, 11) is 0. The summed E-state index contributed by atoms with van der Waals surface area (Å²) in [6.07, 6.45) is 10.1. The molecule has 0 heterocycles. The molecule has 106 valence electrons. The third-order valence-electron chi connectivity index (χ3n) is 5.81. The summed E-state index contributed by atoms with van der Waals surface area (Å²) >= 11 is 0. The van der Waals surface area contributed by atoms with Crippen LogP contribution in [-0.4, -0.2) is 12.1 Å². The maximum absolute atomic E-state index is 3.96. The highest BCUT2D eigenvalue weighted by Gasteiger charge is 2.41. The first-order chi connectivity index (χ1) is 8.63. The lowest BCUT2D eigenvalue weighted by molar-refractivity contribution is 0.232. The SMILES string of the molecule is CCC(C)CC(CC)NC(C)C1CC2CCC1C2. The van der Waals surface area contributed by atoms with Crippen molar-refractivity contribution in [3.63, 3.8) is 0 Å². The number of hydrogen-bond acceptors (Lipinski definition) is 1. The van der Waals surface area contributed by atoms with Crippen molar-refractivity contribution in [3.05, 3.63) is 0 Å². The zero-order valence-corrected chi connectivity index (χ0v) is 12.9. The van der Waals surface area contributed by atoms with Crippen LogP contribution < -0.4 is 5.32 Å². The summed E-state index contributed by atoms with van der Waals surface area (Å²) < 4.78 is 0. The van der Waals surface area contributed by atoms with Gasteiger partial charge in [-0.1, -0.05) is 33.6 Å². The molecule has 0 aromatic heterocycles. The van der Waals surface area contributed by atoms with E-state index in [9.17, 15) is 0 Å². The summed E-state index contributed by atoms with van der Waals surface area (Å²) in [6.45, 7) is 9.50. The molecule has 0 spiro atoms. The molecule has 2 fully saturated rings. The van der Waals surface area contributed by atoms with Gasteiger partial charge in [0.1, 0.15) is 0 Å². The van der Waals surface area contributed by atoms with Crippen molar-refractivity contribution in [1.82, 2.24) is 5.32 Å². The normalized spacial score (nSPS) is 35.7. The fourth-order valence-electron chi connectivity index (χ4n) is 4.41. The van der Waals surface area contributed by atoms with Gasteiger partial charge < -0.3 is 5.32 Å². The van der Waals surface area contributed by atoms with E-state index < -0.39 is 0 Å². The van der Waals surface area contributed by atoms with Gasteiger partial charge >= 0.3 is 0 Å². The summed E-state index contributed by atoms with van der Waals surface area (Å²) in [4.78, 5) is 0. The Kier molecular flexibility index (Phi) is 5.12. The second kappa shape index (κ2) is 6.41. The smallest absolute Gasteiger partial charge is 0.00723 e. The van der Waals surface area contributed by atoms with Gasteiger partial charge in [0.25, 0.3) is 0 Å². The fraction of sp³-hybridized carbons (Fsp3) is 1.00. The summed E-state index contributed by atoms with van der Waals surface area (Å²) in [5.41, 5.74) is 0. The molecule has 0 radical (unpaired) electrons. The van der Waals surface area contributed by atoms with E-state index in [-0.39, 0.29) is 0 Å². The number of hydrogen-bond donors (Lipinski definition) is 1. The molecule has 6 unspecified atom stereocenters. The molecule has 0 aromatic rings. The van der Waals surface area contributed by atoms with Crippen molar-refractivity contribution in [2.45, 2.75) is 84.7 Å². The Balaban J connectivity index is 1.80. The van der Waals surface area contributed by atoms with Crippen LogP contribution in [0.5, 0.6) is 0 Å². The molecule has 2 rings (SSSR count). The minimum absolute atomic E-state index is 0.745. The molecule has 18 heavy (non-hydrogen) atoms. The summed E-state index contributed by atoms with van der Waals surface area (Å²) in [5, 5.41) is 3.96. The van der Waals surface area contributed by atoms with Gasteiger partial charge in [0.15, 0.2) is 0 Å². The van der Waals surface area contributed by atoms with Crippen molar-refractivity contribution in [1.29, 1.82) is 0 Å². The molecular formula is C17H33N. The van der Waals surface area contributed by atoms with Gasteiger partial charge in [0, 0.05) is 12.1 Å². The highest BCUT2D eigenvalue weighted by molar-refractivity contribution is 4.94. The van der Waals surface area contributed by atoms with Gasteiger partial charge in [-0.15, -0.1) is 0 Å². The van der Waals surface area contributed by atoms with E-state index in [2.05, 4.69) is 33.0 Å². The van der Waals surface area contributed by atoms with E-state index in [0.717, 1.165) is 35.8 Å². The minimum atomic E-state index is 0.745. The van der Waals surface area contributed by atoms with E-state index in [1.165, 1.54) is 38.5 Å². The quantitative estimate of drug-likeness (QED) is 0.696. The first-order valence-electron chi connectivity index (χ1n) is 8.40. The second-order valence-corrected chi connectivity index (χ2v) is 7.15. The highest BCUT2D eigenvalue weighted by Crippen LogP contribution is 2.49. The number of fused-ring (bicyclic) bond motifs is 2. The Labute approximate surface area is 114 Å². The zero-order chi connectivity index (χ0) is 13.1. The summed E-state index contributed by atoms with van der Waals surface area (Å²) in [5.74, 6) is 3.99. The molecule has 1 N–H and O–H groups in total. The summed E-state index contributed by atoms with van der Waals surface area (Å²) in [6, 6.07) is 1.49. The molecule has 0 aliphatic heterocycles. The first-order valence-corrected chi connectivity index (χ1v) is 8.40. The monoisotopic (exact) mass is 251 g/mol. The van der Waals surface area contributed by atoms with Crippen LogP contribution in [0.2, 0.25) is 0 Å². The standard InChI is InChI=1S/C17H33N/c1-5-12(3)9-16(6-2)18-13(4)17-11-14-7-8-15(17)10-14/h12-18H,5-11H2,1-4H3.